The summed E-state index contributed by atoms with van der Waals surface area (Å²) in [4.78, 5) is 24.7. The number of aliphatic imine (C=N–C) groups is 2. The number of fused-ring (bicyclic) bond motifs is 4. The Bertz CT molecular complexity index is 1970. The zero-order chi connectivity index (χ0) is 30.4. The molecule has 0 unspecified atom stereocenters. The summed E-state index contributed by atoms with van der Waals surface area (Å²) >= 11 is 6.48. The van der Waals surface area contributed by atoms with Gasteiger partial charge in [-0.3, -0.25) is 0 Å². The molecular weight excluding hydrogens is 576 g/mol. The molecule has 0 bridgehead atoms. The van der Waals surface area contributed by atoms with E-state index in [0.717, 1.165) is 39.6 Å². The number of rotatable bonds is 5. The number of hydrogen-bond donors (Lipinski definition) is 1. The van der Waals surface area contributed by atoms with E-state index < -0.39 is 5.97 Å². The SMILES string of the molecule is COC(=O)c1ccc([C@H]2c3c(C)nn(-c4ccccc4)c3N=C3C(Nc4ccc(OC)c(Cl)c4)=Nc4ccccc4N32)cc1. The number of benzene rings is 4. The van der Waals surface area contributed by atoms with Crippen molar-refractivity contribution in [3.63, 3.8) is 0 Å². The first kappa shape index (κ1) is 27.4. The zero-order valence-electron chi connectivity index (χ0n) is 24.2. The van der Waals surface area contributed by atoms with Gasteiger partial charge in [-0.05, 0) is 67.1 Å². The van der Waals surface area contributed by atoms with Crippen molar-refractivity contribution in [2.75, 3.05) is 24.4 Å². The van der Waals surface area contributed by atoms with Crippen LogP contribution in [0.1, 0.15) is 33.2 Å². The molecular formula is C34H27ClN6O3. The van der Waals surface area contributed by atoms with Gasteiger partial charge in [0.2, 0.25) is 0 Å². The maximum atomic E-state index is 12.3. The average Bonchev–Trinajstić information content (AvgIpc) is 3.39. The summed E-state index contributed by atoms with van der Waals surface area (Å²) in [6.45, 7) is 2.00. The Morgan fingerprint density at radius 3 is 2.39 bits per heavy atom. The number of amidine groups is 2. The first-order chi connectivity index (χ1) is 21.5. The molecule has 0 spiro atoms. The highest BCUT2D eigenvalue weighted by Crippen LogP contribution is 2.48. The van der Waals surface area contributed by atoms with Gasteiger partial charge in [0.05, 0.1) is 53.6 Å². The molecule has 4 aromatic carbocycles. The van der Waals surface area contributed by atoms with Crippen LogP contribution in [0.2, 0.25) is 5.02 Å². The lowest BCUT2D eigenvalue weighted by Crippen LogP contribution is -2.46. The Morgan fingerprint density at radius 2 is 1.66 bits per heavy atom. The van der Waals surface area contributed by atoms with Crippen molar-refractivity contribution >= 4 is 52.1 Å². The van der Waals surface area contributed by atoms with Crippen LogP contribution in [0.5, 0.6) is 5.75 Å². The predicted molar refractivity (Wildman–Crippen MR) is 173 cm³/mol. The number of ether oxygens (including phenoxy) is 2. The van der Waals surface area contributed by atoms with E-state index >= 15 is 0 Å². The first-order valence-electron chi connectivity index (χ1n) is 14.0. The molecule has 0 amide bonds. The van der Waals surface area contributed by atoms with Crippen LogP contribution in [0.15, 0.2) is 107 Å². The second kappa shape index (κ2) is 11.0. The van der Waals surface area contributed by atoms with Crippen LogP contribution in [-0.2, 0) is 4.74 Å². The van der Waals surface area contributed by atoms with Gasteiger partial charge in [0.15, 0.2) is 17.5 Å². The number of para-hydroxylation sites is 3. The molecule has 10 heteroatoms. The Morgan fingerprint density at radius 1 is 0.909 bits per heavy atom. The molecule has 218 valence electrons. The van der Waals surface area contributed by atoms with Gasteiger partial charge >= 0.3 is 5.97 Å². The quantitative estimate of drug-likeness (QED) is 0.210. The highest BCUT2D eigenvalue weighted by molar-refractivity contribution is 6.51. The third-order valence-electron chi connectivity index (χ3n) is 7.70. The Hall–Kier alpha value is -5.41. The zero-order valence-corrected chi connectivity index (χ0v) is 24.9. The van der Waals surface area contributed by atoms with Crippen molar-refractivity contribution in [1.29, 1.82) is 0 Å². The van der Waals surface area contributed by atoms with E-state index in [9.17, 15) is 4.79 Å². The summed E-state index contributed by atoms with van der Waals surface area (Å²) in [6.07, 6.45) is 0. The van der Waals surface area contributed by atoms with Gasteiger partial charge < -0.3 is 19.7 Å². The van der Waals surface area contributed by atoms with Crippen molar-refractivity contribution in [3.05, 3.63) is 124 Å². The molecule has 44 heavy (non-hydrogen) atoms. The fourth-order valence-electron chi connectivity index (χ4n) is 5.66. The lowest BCUT2D eigenvalue weighted by Gasteiger charge is -2.40. The van der Waals surface area contributed by atoms with Crippen molar-refractivity contribution in [2.45, 2.75) is 13.0 Å². The number of carbonyl (C=O) groups is 1. The van der Waals surface area contributed by atoms with Crippen LogP contribution in [-0.4, -0.2) is 41.6 Å². The summed E-state index contributed by atoms with van der Waals surface area (Å²) in [7, 11) is 2.96. The summed E-state index contributed by atoms with van der Waals surface area (Å²) in [5.41, 5.74) is 6.50. The maximum absolute atomic E-state index is 12.3. The number of methoxy groups -OCH3 is 2. The van der Waals surface area contributed by atoms with Crippen molar-refractivity contribution < 1.29 is 14.3 Å². The fourth-order valence-corrected chi connectivity index (χ4v) is 5.92. The molecule has 0 aliphatic carbocycles. The van der Waals surface area contributed by atoms with Crippen LogP contribution in [0, 0.1) is 6.92 Å². The minimum Gasteiger partial charge on any atom is -0.495 e. The number of nitrogens with zero attached hydrogens (tertiary/aromatic N) is 5. The van der Waals surface area contributed by atoms with E-state index in [4.69, 9.17) is 36.2 Å². The van der Waals surface area contributed by atoms with Crippen LogP contribution >= 0.6 is 11.6 Å². The number of esters is 1. The molecule has 2 aliphatic heterocycles. The lowest BCUT2D eigenvalue weighted by atomic mass is 9.92. The number of aromatic nitrogens is 2. The summed E-state index contributed by atoms with van der Waals surface area (Å²) in [5, 5.41) is 8.90. The van der Waals surface area contributed by atoms with Crippen molar-refractivity contribution in [1.82, 2.24) is 9.78 Å². The number of nitrogens with one attached hydrogen (secondary N) is 1. The molecule has 7 rings (SSSR count). The molecule has 0 radical (unpaired) electrons. The van der Waals surface area contributed by atoms with E-state index in [2.05, 4.69) is 10.2 Å². The van der Waals surface area contributed by atoms with Gasteiger partial charge in [0.1, 0.15) is 5.75 Å². The number of aryl methyl sites for hydroxylation is 1. The smallest absolute Gasteiger partial charge is 0.337 e. The lowest BCUT2D eigenvalue weighted by molar-refractivity contribution is 0.0600. The van der Waals surface area contributed by atoms with Gasteiger partial charge in [0.25, 0.3) is 0 Å². The Labute approximate surface area is 259 Å². The number of carbonyl (C=O) groups excluding carboxylic acids is 1. The van der Waals surface area contributed by atoms with Gasteiger partial charge in [-0.2, -0.15) is 5.10 Å². The highest BCUT2D eigenvalue weighted by Gasteiger charge is 2.41. The number of hydrogen-bond acceptors (Lipinski definition) is 8. The monoisotopic (exact) mass is 602 g/mol. The molecule has 2 aliphatic rings. The molecule has 0 saturated heterocycles. The van der Waals surface area contributed by atoms with Gasteiger partial charge in [-0.1, -0.05) is 54.1 Å². The minimum absolute atomic E-state index is 0.338. The maximum Gasteiger partial charge on any atom is 0.337 e. The van der Waals surface area contributed by atoms with E-state index in [-0.39, 0.29) is 6.04 Å². The van der Waals surface area contributed by atoms with Crippen LogP contribution in [0.4, 0.5) is 22.9 Å². The van der Waals surface area contributed by atoms with Crippen LogP contribution in [0.3, 0.4) is 0 Å². The normalized spacial score (nSPS) is 14.9. The second-order valence-corrected chi connectivity index (χ2v) is 10.7. The highest BCUT2D eigenvalue weighted by atomic mass is 35.5. The molecule has 3 heterocycles. The Kier molecular flexibility index (Phi) is 6.87. The standard InChI is InChI=1S/C34H27ClN6O3/c1-20-29-30(21-13-15-22(16-14-21)34(42)44-3)40-27-12-8-7-11-26(27)37-31(36-23-17-18-28(43-2)25(35)19-23)33(40)38-32(29)41(39-20)24-9-5-4-6-10-24/h4-19,30H,1-3H3,(H,36,37)/t30-/m0/s1. The van der Waals surface area contributed by atoms with E-state index in [0.29, 0.717) is 33.8 Å². The molecule has 9 nitrogen and oxygen atoms in total. The van der Waals surface area contributed by atoms with Crippen molar-refractivity contribution in [3.8, 4) is 11.4 Å². The van der Waals surface area contributed by atoms with Gasteiger partial charge in [0, 0.05) is 11.3 Å². The van der Waals surface area contributed by atoms with Crippen LogP contribution in [0.25, 0.3) is 5.69 Å². The van der Waals surface area contributed by atoms with E-state index in [1.165, 1.54) is 7.11 Å². The molecule has 1 aromatic heterocycles. The van der Waals surface area contributed by atoms with Crippen molar-refractivity contribution in [2.24, 2.45) is 9.98 Å². The average molecular weight is 603 g/mol. The summed E-state index contributed by atoms with van der Waals surface area (Å²) in [6, 6.07) is 30.5. The summed E-state index contributed by atoms with van der Waals surface area (Å²) in [5.74, 6) is 2.04. The molecule has 0 fully saturated rings. The Balaban J connectivity index is 1.45. The van der Waals surface area contributed by atoms with E-state index in [1.807, 2.05) is 84.4 Å². The largest absolute Gasteiger partial charge is 0.495 e. The van der Waals surface area contributed by atoms with Gasteiger partial charge in [-0.25, -0.2) is 19.5 Å². The van der Waals surface area contributed by atoms with Gasteiger partial charge in [-0.15, -0.1) is 0 Å². The van der Waals surface area contributed by atoms with E-state index in [1.54, 1.807) is 31.4 Å². The number of anilines is 2. The minimum atomic E-state index is -0.392. The molecule has 1 N–H and O–H groups in total. The third-order valence-corrected chi connectivity index (χ3v) is 8.00. The molecule has 1 atom stereocenters. The number of halogens is 1. The van der Waals surface area contributed by atoms with Crippen LogP contribution < -0.4 is 15.0 Å². The second-order valence-electron chi connectivity index (χ2n) is 10.3. The first-order valence-corrected chi connectivity index (χ1v) is 14.3. The molecule has 5 aromatic rings. The summed E-state index contributed by atoms with van der Waals surface area (Å²) < 4.78 is 12.2. The molecule has 0 saturated carbocycles. The third kappa shape index (κ3) is 4.58. The topological polar surface area (TPSA) is 93.3 Å². The predicted octanol–water partition coefficient (Wildman–Crippen LogP) is 7.42. The fraction of sp³-hybridized carbons (Fsp3) is 0.118.